The third-order valence-corrected chi connectivity index (χ3v) is 7.79. The van der Waals surface area contributed by atoms with E-state index in [1.54, 1.807) is 28.6 Å². The highest BCUT2D eigenvalue weighted by Crippen LogP contribution is 2.36. The van der Waals surface area contributed by atoms with Gasteiger partial charge in [0.1, 0.15) is 5.82 Å². The second-order valence-electron chi connectivity index (χ2n) is 8.37. The molecule has 2 N–H and O–H groups in total. The predicted molar refractivity (Wildman–Crippen MR) is 129 cm³/mol. The fourth-order valence-corrected chi connectivity index (χ4v) is 5.79. The molecule has 0 radical (unpaired) electrons. The van der Waals surface area contributed by atoms with Crippen LogP contribution < -0.4 is 0 Å². The Bertz CT molecular complexity index is 1150. The quantitative estimate of drug-likeness (QED) is 0.534. The van der Waals surface area contributed by atoms with Crippen LogP contribution in [0.3, 0.4) is 0 Å². The van der Waals surface area contributed by atoms with Crippen molar-refractivity contribution in [2.45, 2.75) is 30.3 Å². The highest BCUT2D eigenvalue weighted by atomic mass is 32.2. The Balaban J connectivity index is 0.000000392. The van der Waals surface area contributed by atoms with E-state index in [9.17, 15) is 22.4 Å². The van der Waals surface area contributed by atoms with Gasteiger partial charge < -0.3 is 14.9 Å². The Morgan fingerprint density at radius 3 is 2.08 bits per heavy atom. The van der Waals surface area contributed by atoms with Crippen molar-refractivity contribution in [2.75, 3.05) is 32.8 Å². The number of aliphatic carboxylic acids is 2. The first kappa shape index (κ1) is 27.5. The topological polar surface area (TPSA) is 124 Å². The van der Waals surface area contributed by atoms with Gasteiger partial charge in [-0.1, -0.05) is 24.3 Å². The molecule has 2 aromatic rings. The summed E-state index contributed by atoms with van der Waals surface area (Å²) in [5.74, 6) is -2.83. The predicted octanol–water partition coefficient (Wildman–Crippen LogP) is 2.90. The van der Waals surface area contributed by atoms with Crippen LogP contribution in [0, 0.1) is 5.82 Å². The summed E-state index contributed by atoms with van der Waals surface area (Å²) in [4.78, 5) is 21.7. The molecule has 2 aromatic carbocycles. The standard InChI is InChI=1S/C21H25FN2O3S.C4H4O4/c22-19-7-5-18(6-8-19)21-2-1-11-24(21)28(25,26)20-9-3-17(4-10-20)16-23-12-14-27-15-13-23;5-3(6)1-2-4(7)8/h3-10,21H,1-2,11-16H2;1-2H,(H,5,6)(H,7,8)/b;2-1+. The van der Waals surface area contributed by atoms with Gasteiger partial charge in [-0.2, -0.15) is 4.31 Å². The lowest BCUT2D eigenvalue weighted by atomic mass is 10.1. The zero-order valence-electron chi connectivity index (χ0n) is 19.6. The molecule has 0 saturated carbocycles. The fourth-order valence-electron chi connectivity index (χ4n) is 4.11. The summed E-state index contributed by atoms with van der Waals surface area (Å²) in [5, 5.41) is 15.6. The van der Waals surface area contributed by atoms with Crippen LogP contribution in [0.1, 0.15) is 30.0 Å². The number of carboxylic acid groups (broad SMARTS) is 2. The van der Waals surface area contributed by atoms with Gasteiger partial charge in [0.05, 0.1) is 24.2 Å². The first-order chi connectivity index (χ1) is 17.2. The Morgan fingerprint density at radius 1 is 0.944 bits per heavy atom. The van der Waals surface area contributed by atoms with Crippen LogP contribution in [0.15, 0.2) is 65.6 Å². The summed E-state index contributed by atoms with van der Waals surface area (Å²) in [6.07, 6.45) is 2.67. The molecule has 194 valence electrons. The largest absolute Gasteiger partial charge is 0.478 e. The molecule has 36 heavy (non-hydrogen) atoms. The molecule has 0 aromatic heterocycles. The van der Waals surface area contributed by atoms with Gasteiger partial charge in [-0.15, -0.1) is 0 Å². The number of morpholine rings is 1. The van der Waals surface area contributed by atoms with Crippen molar-refractivity contribution in [1.29, 1.82) is 0 Å². The third kappa shape index (κ3) is 7.69. The van der Waals surface area contributed by atoms with Crippen LogP contribution in [0.4, 0.5) is 4.39 Å². The molecular weight excluding hydrogens is 491 g/mol. The van der Waals surface area contributed by atoms with Crippen molar-refractivity contribution in [3.8, 4) is 0 Å². The van der Waals surface area contributed by atoms with Crippen LogP contribution in [0.25, 0.3) is 0 Å². The SMILES string of the molecule is O=C(O)/C=C/C(=O)O.O=S(=O)(c1ccc(CN2CCOCC2)cc1)N1CCCC1c1ccc(F)cc1. The van der Waals surface area contributed by atoms with Gasteiger partial charge in [-0.25, -0.2) is 22.4 Å². The van der Waals surface area contributed by atoms with E-state index in [1.807, 2.05) is 12.1 Å². The van der Waals surface area contributed by atoms with Gasteiger partial charge in [-0.3, -0.25) is 4.90 Å². The molecule has 4 rings (SSSR count). The fraction of sp³-hybridized carbons (Fsp3) is 0.360. The molecule has 2 aliphatic rings. The van der Waals surface area contributed by atoms with Gasteiger partial charge >= 0.3 is 11.9 Å². The van der Waals surface area contributed by atoms with E-state index in [-0.39, 0.29) is 11.9 Å². The molecule has 0 spiro atoms. The minimum absolute atomic E-state index is 0.237. The second kappa shape index (κ2) is 12.7. The van der Waals surface area contributed by atoms with Crippen molar-refractivity contribution in [3.63, 3.8) is 0 Å². The molecule has 0 bridgehead atoms. The van der Waals surface area contributed by atoms with Crippen molar-refractivity contribution in [3.05, 3.63) is 77.6 Å². The number of carbonyl (C=O) groups is 2. The van der Waals surface area contributed by atoms with Crippen LogP contribution in [-0.2, 0) is 30.9 Å². The smallest absolute Gasteiger partial charge is 0.328 e. The summed E-state index contributed by atoms with van der Waals surface area (Å²) >= 11 is 0. The maximum atomic E-state index is 13.2. The number of nitrogens with zero attached hydrogens (tertiary/aromatic N) is 2. The van der Waals surface area contributed by atoms with E-state index in [1.165, 1.54) is 12.1 Å². The first-order valence-electron chi connectivity index (χ1n) is 11.5. The Kier molecular flexibility index (Phi) is 9.71. The second-order valence-corrected chi connectivity index (χ2v) is 10.3. The molecule has 0 aliphatic carbocycles. The molecule has 2 fully saturated rings. The summed E-state index contributed by atoms with van der Waals surface area (Å²) in [7, 11) is -3.59. The lowest BCUT2D eigenvalue weighted by Gasteiger charge is -2.27. The number of hydrogen-bond donors (Lipinski definition) is 2. The molecule has 11 heteroatoms. The Labute approximate surface area is 209 Å². The molecule has 0 amide bonds. The van der Waals surface area contributed by atoms with Crippen molar-refractivity contribution in [2.24, 2.45) is 0 Å². The normalized spacial score (nSPS) is 19.1. The summed E-state index contributed by atoms with van der Waals surface area (Å²) in [6, 6.07) is 13.1. The Morgan fingerprint density at radius 2 is 1.53 bits per heavy atom. The maximum Gasteiger partial charge on any atom is 0.328 e. The summed E-state index contributed by atoms with van der Waals surface area (Å²) in [5.41, 5.74) is 1.93. The molecular formula is C25H29FN2O7S. The van der Waals surface area contributed by atoms with Gasteiger partial charge in [0, 0.05) is 38.3 Å². The zero-order valence-corrected chi connectivity index (χ0v) is 20.4. The van der Waals surface area contributed by atoms with Crippen LogP contribution in [-0.4, -0.2) is 72.6 Å². The number of sulfonamides is 1. The average molecular weight is 521 g/mol. The van der Waals surface area contributed by atoms with E-state index in [0.29, 0.717) is 23.6 Å². The lowest BCUT2D eigenvalue weighted by Crippen LogP contribution is -2.35. The zero-order chi connectivity index (χ0) is 26.1. The molecule has 2 saturated heterocycles. The van der Waals surface area contributed by atoms with E-state index >= 15 is 0 Å². The van der Waals surface area contributed by atoms with Crippen LogP contribution in [0.2, 0.25) is 0 Å². The molecule has 1 unspecified atom stereocenters. The molecule has 9 nitrogen and oxygen atoms in total. The third-order valence-electron chi connectivity index (χ3n) is 5.87. The highest BCUT2D eigenvalue weighted by molar-refractivity contribution is 7.89. The van der Waals surface area contributed by atoms with Crippen LogP contribution >= 0.6 is 0 Å². The van der Waals surface area contributed by atoms with Crippen molar-refractivity contribution < 1.29 is 37.3 Å². The minimum atomic E-state index is -3.59. The first-order valence-corrected chi connectivity index (χ1v) is 12.9. The van der Waals surface area contributed by atoms with E-state index < -0.39 is 22.0 Å². The summed E-state index contributed by atoms with van der Waals surface area (Å²) in [6.45, 7) is 4.56. The Hall–Kier alpha value is -3.12. The van der Waals surface area contributed by atoms with Crippen molar-refractivity contribution in [1.82, 2.24) is 9.21 Å². The van der Waals surface area contributed by atoms with E-state index in [0.717, 1.165) is 56.8 Å². The number of ether oxygens (including phenoxy) is 1. The van der Waals surface area contributed by atoms with Crippen LogP contribution in [0.5, 0.6) is 0 Å². The van der Waals surface area contributed by atoms with Gasteiger partial charge in [0.15, 0.2) is 0 Å². The molecule has 2 aliphatic heterocycles. The highest BCUT2D eigenvalue weighted by Gasteiger charge is 2.36. The summed E-state index contributed by atoms with van der Waals surface area (Å²) < 4.78 is 46.6. The maximum absolute atomic E-state index is 13.2. The minimum Gasteiger partial charge on any atom is -0.478 e. The number of benzene rings is 2. The van der Waals surface area contributed by atoms with Crippen molar-refractivity contribution >= 4 is 22.0 Å². The number of halogens is 1. The van der Waals surface area contributed by atoms with E-state index in [2.05, 4.69) is 4.90 Å². The van der Waals surface area contributed by atoms with E-state index in [4.69, 9.17) is 14.9 Å². The number of hydrogen-bond acceptors (Lipinski definition) is 6. The van der Waals surface area contributed by atoms with Gasteiger partial charge in [0.25, 0.3) is 0 Å². The molecule has 1 atom stereocenters. The number of rotatable bonds is 7. The van der Waals surface area contributed by atoms with Gasteiger partial charge in [0.2, 0.25) is 10.0 Å². The average Bonchev–Trinajstić information content (AvgIpc) is 3.36. The molecule has 2 heterocycles. The van der Waals surface area contributed by atoms with Gasteiger partial charge in [-0.05, 0) is 48.2 Å². The lowest BCUT2D eigenvalue weighted by molar-refractivity contribution is -0.134. The number of carboxylic acids is 2. The monoisotopic (exact) mass is 520 g/mol.